The summed E-state index contributed by atoms with van der Waals surface area (Å²) in [6, 6.07) is 13.3. The van der Waals surface area contributed by atoms with Crippen LogP contribution in [0.15, 0.2) is 60.9 Å². The average molecular weight is 274 g/mol. The molecule has 2 aromatic carbocycles. The first kappa shape index (κ1) is 13.2. The molecule has 0 amide bonds. The lowest BCUT2D eigenvalue weighted by Crippen LogP contribution is -1.93. The highest BCUT2D eigenvalue weighted by Gasteiger charge is 2.01. The van der Waals surface area contributed by atoms with Gasteiger partial charge in [0.1, 0.15) is 0 Å². The molecule has 0 radical (unpaired) electrons. The van der Waals surface area contributed by atoms with Gasteiger partial charge in [0.15, 0.2) is 5.78 Å². The Hall–Kier alpha value is -2.81. The van der Waals surface area contributed by atoms with Crippen LogP contribution in [-0.2, 0) is 0 Å². The Morgan fingerprint density at radius 1 is 0.952 bits per heavy atom. The van der Waals surface area contributed by atoms with Crippen LogP contribution < -0.4 is 0 Å². The van der Waals surface area contributed by atoms with E-state index in [1.807, 2.05) is 49.4 Å². The number of benzene rings is 2. The normalized spacial score (nSPS) is 11.1. The largest absolute Gasteiger partial charge is 0.289 e. The first-order valence-electron chi connectivity index (χ1n) is 6.72. The molecule has 0 atom stereocenters. The van der Waals surface area contributed by atoms with Gasteiger partial charge in [-0.3, -0.25) is 14.8 Å². The zero-order valence-corrected chi connectivity index (χ0v) is 11.7. The molecule has 0 aliphatic rings. The Balaban J connectivity index is 1.83. The smallest absolute Gasteiger partial charge is 0.185 e. The summed E-state index contributed by atoms with van der Waals surface area (Å²) < 4.78 is 0. The van der Waals surface area contributed by atoms with Crippen LogP contribution in [0.25, 0.3) is 17.1 Å². The monoisotopic (exact) mass is 274 g/mol. The highest BCUT2D eigenvalue weighted by atomic mass is 16.1. The molecule has 1 heterocycles. The molecule has 0 saturated carbocycles. The lowest BCUT2D eigenvalue weighted by molar-refractivity contribution is 0.104. The number of nitrogens with zero attached hydrogens (tertiary/aromatic N) is 2. The molecule has 3 nitrogen and oxygen atoms in total. The summed E-state index contributed by atoms with van der Waals surface area (Å²) in [6.45, 7) is 2.00. The van der Waals surface area contributed by atoms with Crippen molar-refractivity contribution >= 4 is 22.9 Å². The summed E-state index contributed by atoms with van der Waals surface area (Å²) in [5, 5.41) is 0. The van der Waals surface area contributed by atoms with E-state index >= 15 is 0 Å². The number of allylic oxidation sites excluding steroid dienone is 1. The van der Waals surface area contributed by atoms with E-state index in [4.69, 9.17) is 0 Å². The van der Waals surface area contributed by atoms with Crippen molar-refractivity contribution < 1.29 is 4.79 Å². The van der Waals surface area contributed by atoms with E-state index < -0.39 is 0 Å². The van der Waals surface area contributed by atoms with E-state index in [2.05, 4.69) is 9.97 Å². The third-order valence-electron chi connectivity index (χ3n) is 3.26. The number of ketones is 1. The van der Waals surface area contributed by atoms with Gasteiger partial charge < -0.3 is 0 Å². The van der Waals surface area contributed by atoms with Crippen molar-refractivity contribution in [3.63, 3.8) is 0 Å². The predicted octanol–water partition coefficient (Wildman–Crippen LogP) is 3.83. The van der Waals surface area contributed by atoms with Crippen molar-refractivity contribution in [3.8, 4) is 0 Å². The van der Waals surface area contributed by atoms with Gasteiger partial charge in [-0.05, 0) is 30.7 Å². The van der Waals surface area contributed by atoms with Crippen LogP contribution >= 0.6 is 0 Å². The molecule has 3 aromatic rings. The molecule has 21 heavy (non-hydrogen) atoms. The summed E-state index contributed by atoms with van der Waals surface area (Å²) >= 11 is 0. The summed E-state index contributed by atoms with van der Waals surface area (Å²) in [7, 11) is 0. The van der Waals surface area contributed by atoms with Crippen molar-refractivity contribution in [2.24, 2.45) is 0 Å². The lowest BCUT2D eigenvalue weighted by Gasteiger charge is -1.98. The molecule has 0 spiro atoms. The number of hydrogen-bond donors (Lipinski definition) is 0. The number of rotatable bonds is 3. The Morgan fingerprint density at radius 3 is 2.43 bits per heavy atom. The van der Waals surface area contributed by atoms with Gasteiger partial charge in [-0.15, -0.1) is 0 Å². The fraction of sp³-hybridized carbons (Fsp3) is 0.0556. The van der Waals surface area contributed by atoms with E-state index in [1.54, 1.807) is 24.5 Å². The first-order chi connectivity index (χ1) is 10.2. The zero-order valence-electron chi connectivity index (χ0n) is 11.7. The Bertz CT molecular complexity index is 820. The SMILES string of the molecule is Cc1ccc(C(=O)/C=C/c2ccc3nccnc3c2)cc1. The third-order valence-corrected chi connectivity index (χ3v) is 3.26. The van der Waals surface area contributed by atoms with Crippen LogP contribution in [0.5, 0.6) is 0 Å². The van der Waals surface area contributed by atoms with Crippen molar-refractivity contribution in [1.82, 2.24) is 9.97 Å². The molecule has 1 aromatic heterocycles. The summed E-state index contributed by atoms with van der Waals surface area (Å²) in [5.74, 6) is -0.00533. The van der Waals surface area contributed by atoms with Crippen molar-refractivity contribution in [2.75, 3.05) is 0 Å². The maximum absolute atomic E-state index is 12.1. The number of hydrogen-bond acceptors (Lipinski definition) is 3. The molecular weight excluding hydrogens is 260 g/mol. The quantitative estimate of drug-likeness (QED) is 0.538. The lowest BCUT2D eigenvalue weighted by atomic mass is 10.1. The third kappa shape index (κ3) is 3.03. The maximum Gasteiger partial charge on any atom is 0.185 e. The first-order valence-corrected chi connectivity index (χ1v) is 6.72. The Morgan fingerprint density at radius 2 is 1.67 bits per heavy atom. The Labute approximate surface area is 123 Å². The van der Waals surface area contributed by atoms with Crippen molar-refractivity contribution in [3.05, 3.63) is 77.6 Å². The van der Waals surface area contributed by atoms with Gasteiger partial charge in [0.2, 0.25) is 0 Å². The van der Waals surface area contributed by atoms with Crippen LogP contribution in [0.4, 0.5) is 0 Å². The Kier molecular flexibility index (Phi) is 3.56. The zero-order chi connectivity index (χ0) is 14.7. The molecule has 3 rings (SSSR count). The minimum absolute atomic E-state index is 0.00533. The highest BCUT2D eigenvalue weighted by molar-refractivity contribution is 6.06. The fourth-order valence-corrected chi connectivity index (χ4v) is 2.07. The molecule has 0 bridgehead atoms. The van der Waals surface area contributed by atoms with Gasteiger partial charge in [-0.1, -0.05) is 42.0 Å². The molecule has 102 valence electrons. The van der Waals surface area contributed by atoms with E-state index in [1.165, 1.54) is 0 Å². The molecule has 3 heteroatoms. The van der Waals surface area contributed by atoms with E-state index in [9.17, 15) is 4.79 Å². The molecule has 0 aliphatic carbocycles. The topological polar surface area (TPSA) is 42.9 Å². The minimum atomic E-state index is -0.00533. The second-order valence-corrected chi connectivity index (χ2v) is 4.87. The van der Waals surface area contributed by atoms with Gasteiger partial charge in [0.25, 0.3) is 0 Å². The number of fused-ring (bicyclic) bond motifs is 1. The fourth-order valence-electron chi connectivity index (χ4n) is 2.07. The van der Waals surface area contributed by atoms with Crippen LogP contribution in [0.2, 0.25) is 0 Å². The highest BCUT2D eigenvalue weighted by Crippen LogP contribution is 2.13. The van der Waals surface area contributed by atoms with Gasteiger partial charge >= 0.3 is 0 Å². The molecular formula is C18H14N2O. The standard InChI is InChI=1S/C18H14N2O/c1-13-2-6-15(7-3-13)18(21)9-5-14-4-8-16-17(12-14)20-11-10-19-16/h2-12H,1H3/b9-5+. The van der Waals surface area contributed by atoms with Crippen LogP contribution in [-0.4, -0.2) is 15.8 Å². The molecule has 0 saturated heterocycles. The second-order valence-electron chi connectivity index (χ2n) is 4.87. The van der Waals surface area contributed by atoms with Crippen LogP contribution in [0, 0.1) is 6.92 Å². The number of carbonyl (C=O) groups excluding carboxylic acids is 1. The van der Waals surface area contributed by atoms with Crippen molar-refractivity contribution in [1.29, 1.82) is 0 Å². The summed E-state index contributed by atoms with van der Waals surface area (Å²) in [6.07, 6.45) is 6.71. The maximum atomic E-state index is 12.1. The van der Waals surface area contributed by atoms with E-state index in [-0.39, 0.29) is 5.78 Å². The number of carbonyl (C=O) groups is 1. The van der Waals surface area contributed by atoms with E-state index in [0.29, 0.717) is 5.56 Å². The summed E-state index contributed by atoms with van der Waals surface area (Å²) in [4.78, 5) is 20.6. The number of aromatic nitrogens is 2. The molecule has 0 aliphatic heterocycles. The summed E-state index contributed by atoms with van der Waals surface area (Å²) in [5.41, 5.74) is 4.44. The molecule has 0 fully saturated rings. The van der Waals surface area contributed by atoms with Gasteiger partial charge in [0, 0.05) is 18.0 Å². The van der Waals surface area contributed by atoms with E-state index in [0.717, 1.165) is 22.2 Å². The number of aryl methyl sites for hydroxylation is 1. The van der Waals surface area contributed by atoms with Gasteiger partial charge in [-0.2, -0.15) is 0 Å². The van der Waals surface area contributed by atoms with Crippen LogP contribution in [0.1, 0.15) is 21.5 Å². The second kappa shape index (κ2) is 5.67. The average Bonchev–Trinajstić information content (AvgIpc) is 2.53. The van der Waals surface area contributed by atoms with Gasteiger partial charge in [-0.25, -0.2) is 0 Å². The van der Waals surface area contributed by atoms with Crippen LogP contribution in [0.3, 0.4) is 0 Å². The minimum Gasteiger partial charge on any atom is -0.289 e. The predicted molar refractivity (Wildman–Crippen MR) is 84.1 cm³/mol. The molecule has 0 unspecified atom stereocenters. The molecule has 0 N–H and O–H groups in total. The van der Waals surface area contributed by atoms with Gasteiger partial charge in [0.05, 0.1) is 11.0 Å². The van der Waals surface area contributed by atoms with Crippen molar-refractivity contribution in [2.45, 2.75) is 6.92 Å².